The van der Waals surface area contributed by atoms with Gasteiger partial charge in [0.1, 0.15) is 4.75 Å². The van der Waals surface area contributed by atoms with Gasteiger partial charge in [-0.25, -0.2) is 0 Å². The molecule has 0 aliphatic carbocycles. The van der Waals surface area contributed by atoms with Crippen molar-refractivity contribution in [2.75, 3.05) is 6.61 Å². The molecule has 0 fully saturated rings. The molecule has 0 spiro atoms. The third-order valence-corrected chi connectivity index (χ3v) is 11.4. The molecule has 0 saturated heterocycles. The highest BCUT2D eigenvalue weighted by atomic mass is 79.9. The van der Waals surface area contributed by atoms with Crippen molar-refractivity contribution < 1.29 is 8.98 Å². The maximum Gasteiger partial charge on any atom is 0.192 e. The minimum Gasteiger partial charge on any atom is -0.598 e. The Balaban J connectivity index is 3.07. The third-order valence-electron chi connectivity index (χ3n) is 4.83. The summed E-state index contributed by atoms with van der Waals surface area (Å²) in [4.78, 5) is 0. The van der Waals surface area contributed by atoms with Crippen molar-refractivity contribution in [2.24, 2.45) is 0 Å². The second-order valence-electron chi connectivity index (χ2n) is 9.12. The van der Waals surface area contributed by atoms with E-state index in [2.05, 4.69) is 73.6 Å². The summed E-state index contributed by atoms with van der Waals surface area (Å²) in [6.07, 6.45) is 0. The zero-order valence-corrected chi connectivity index (χ0v) is 20.5. The molecule has 0 saturated carbocycles. The van der Waals surface area contributed by atoms with Crippen LogP contribution in [-0.4, -0.2) is 24.2 Å². The minimum atomic E-state index is -1.87. The Morgan fingerprint density at radius 2 is 1.76 bits per heavy atom. The third kappa shape index (κ3) is 6.67. The van der Waals surface area contributed by atoms with E-state index in [1.54, 1.807) is 0 Å². The van der Waals surface area contributed by atoms with Gasteiger partial charge < -0.3 is 8.98 Å². The number of halogens is 1. The fourth-order valence-corrected chi connectivity index (χ4v) is 4.33. The summed E-state index contributed by atoms with van der Waals surface area (Å²) in [5.74, 6) is 0. The van der Waals surface area contributed by atoms with Crippen LogP contribution < -0.4 is 4.72 Å². The van der Waals surface area contributed by atoms with Crippen molar-refractivity contribution in [3.8, 4) is 0 Å². The monoisotopic (exact) mass is 447 g/mol. The van der Waals surface area contributed by atoms with E-state index in [1.165, 1.54) is 0 Å². The predicted octanol–water partition coefficient (Wildman–Crippen LogP) is 5.87. The maximum absolute atomic E-state index is 12.7. The molecule has 1 unspecified atom stereocenters. The van der Waals surface area contributed by atoms with Gasteiger partial charge in [-0.3, -0.25) is 0 Å². The Bertz CT molecular complexity index is 582. The fourth-order valence-electron chi connectivity index (χ4n) is 2.03. The average Bonchev–Trinajstić information content (AvgIpc) is 2.41. The Labute approximate surface area is 166 Å². The van der Waals surface area contributed by atoms with Gasteiger partial charge >= 0.3 is 0 Å². The fraction of sp³-hybridized carbons (Fsp3) is 0.684. The van der Waals surface area contributed by atoms with Crippen molar-refractivity contribution in [1.82, 2.24) is 4.72 Å². The molecule has 0 radical (unpaired) electrons. The normalized spacial score (nSPS) is 16.0. The number of aryl methyl sites for hydroxylation is 1. The first-order valence-corrected chi connectivity index (χ1v) is 13.6. The summed E-state index contributed by atoms with van der Waals surface area (Å²) in [7, 11) is -1.87. The minimum absolute atomic E-state index is 0.0951. The standard InChI is InChI=1S/C19H34BrNO2SSi/c1-14-12-15(20)10-11-16(14)17(21-24(22)18(2,3)4)13-23-25(8,9)19(5,6)7/h10-12,17,21H,13H2,1-9H3/t17-,24?/m1/s1. The van der Waals surface area contributed by atoms with Gasteiger partial charge in [-0.05, 0) is 69.1 Å². The molecule has 0 bridgehead atoms. The molecule has 144 valence electrons. The van der Waals surface area contributed by atoms with E-state index in [0.29, 0.717) is 6.61 Å². The molecule has 1 N–H and O–H groups in total. The smallest absolute Gasteiger partial charge is 0.192 e. The molecule has 25 heavy (non-hydrogen) atoms. The molecule has 3 nitrogen and oxygen atoms in total. The second-order valence-corrected chi connectivity index (χ2v) is 16.8. The van der Waals surface area contributed by atoms with Gasteiger partial charge in [0.25, 0.3) is 0 Å². The number of hydrogen-bond acceptors (Lipinski definition) is 3. The van der Waals surface area contributed by atoms with E-state index in [-0.39, 0.29) is 15.8 Å². The van der Waals surface area contributed by atoms with Crippen LogP contribution >= 0.6 is 15.9 Å². The van der Waals surface area contributed by atoms with Crippen molar-refractivity contribution in [3.05, 3.63) is 33.8 Å². The topological polar surface area (TPSA) is 44.3 Å². The van der Waals surface area contributed by atoms with Gasteiger partial charge in [0.2, 0.25) is 0 Å². The number of benzene rings is 1. The average molecular weight is 449 g/mol. The van der Waals surface area contributed by atoms with Gasteiger partial charge in [0.05, 0.1) is 12.6 Å². The van der Waals surface area contributed by atoms with Gasteiger partial charge in [-0.2, -0.15) is 0 Å². The molecule has 0 aromatic heterocycles. The second kappa shape index (κ2) is 8.44. The van der Waals surface area contributed by atoms with Crippen LogP contribution in [0, 0.1) is 6.92 Å². The highest BCUT2D eigenvalue weighted by Gasteiger charge is 2.39. The maximum atomic E-state index is 12.7. The lowest BCUT2D eigenvalue weighted by atomic mass is 10.0. The van der Waals surface area contributed by atoms with Crippen LogP contribution in [-0.2, 0) is 15.8 Å². The molecule has 2 atom stereocenters. The SMILES string of the molecule is Cc1cc(Br)ccc1[C@@H](CO[Si](C)(C)C(C)(C)C)N[S+]([O-])C(C)(C)C. The van der Waals surface area contributed by atoms with Gasteiger partial charge in [0, 0.05) is 15.8 Å². The van der Waals surface area contributed by atoms with Gasteiger partial charge in [-0.15, -0.1) is 4.72 Å². The Morgan fingerprint density at radius 1 is 1.20 bits per heavy atom. The Hall–Kier alpha value is 0.147. The van der Waals surface area contributed by atoms with E-state index >= 15 is 0 Å². The summed E-state index contributed by atoms with van der Waals surface area (Å²) in [5.41, 5.74) is 2.30. The van der Waals surface area contributed by atoms with Crippen LogP contribution in [0.3, 0.4) is 0 Å². The number of hydrogen-bond donors (Lipinski definition) is 1. The van der Waals surface area contributed by atoms with Crippen LogP contribution in [0.1, 0.15) is 58.7 Å². The van der Waals surface area contributed by atoms with Crippen LogP contribution in [0.5, 0.6) is 0 Å². The zero-order valence-electron chi connectivity index (χ0n) is 17.1. The predicted molar refractivity (Wildman–Crippen MR) is 116 cm³/mol. The largest absolute Gasteiger partial charge is 0.598 e. The van der Waals surface area contributed by atoms with E-state index in [1.807, 2.05) is 26.8 Å². The highest BCUT2D eigenvalue weighted by Crippen LogP contribution is 2.37. The van der Waals surface area contributed by atoms with Crippen molar-refractivity contribution >= 4 is 35.6 Å². The summed E-state index contributed by atoms with van der Waals surface area (Å²) < 4.78 is 23.2. The molecule has 1 aromatic rings. The molecular weight excluding hydrogens is 414 g/mol. The molecule has 1 rings (SSSR count). The molecule has 0 aliphatic rings. The van der Waals surface area contributed by atoms with Crippen molar-refractivity contribution in [2.45, 2.75) is 77.4 Å². The van der Waals surface area contributed by atoms with Crippen molar-refractivity contribution in [1.29, 1.82) is 0 Å². The lowest BCUT2D eigenvalue weighted by Gasteiger charge is -2.38. The summed E-state index contributed by atoms with van der Waals surface area (Å²) in [6, 6.07) is 6.12. The molecule has 6 heteroatoms. The van der Waals surface area contributed by atoms with E-state index in [0.717, 1.165) is 15.6 Å². The van der Waals surface area contributed by atoms with E-state index < -0.39 is 19.7 Å². The van der Waals surface area contributed by atoms with Crippen molar-refractivity contribution in [3.63, 3.8) is 0 Å². The van der Waals surface area contributed by atoms with Crippen LogP contribution in [0.15, 0.2) is 22.7 Å². The van der Waals surface area contributed by atoms with E-state index in [9.17, 15) is 4.55 Å². The summed E-state index contributed by atoms with van der Waals surface area (Å²) >= 11 is 2.36. The molecule has 1 aromatic carbocycles. The van der Waals surface area contributed by atoms with Gasteiger partial charge in [0.15, 0.2) is 8.32 Å². The zero-order chi connectivity index (χ0) is 19.6. The van der Waals surface area contributed by atoms with Crippen LogP contribution in [0.2, 0.25) is 18.1 Å². The van der Waals surface area contributed by atoms with Crippen LogP contribution in [0.4, 0.5) is 0 Å². The number of rotatable bonds is 6. The molecule has 0 heterocycles. The molecule has 0 amide bonds. The number of nitrogens with one attached hydrogen (secondary N) is 1. The molecule has 0 aliphatic heterocycles. The first kappa shape index (κ1) is 23.2. The Kier molecular flexibility index (Phi) is 7.83. The first-order valence-electron chi connectivity index (χ1n) is 8.73. The highest BCUT2D eigenvalue weighted by molar-refractivity contribution is 9.10. The Morgan fingerprint density at radius 3 is 2.20 bits per heavy atom. The lowest BCUT2D eigenvalue weighted by Crippen LogP contribution is -2.46. The summed E-state index contributed by atoms with van der Waals surface area (Å²) in [6.45, 7) is 19.8. The molecular formula is C19H34BrNO2SSi. The lowest BCUT2D eigenvalue weighted by molar-refractivity contribution is 0.255. The van der Waals surface area contributed by atoms with Gasteiger partial charge in [-0.1, -0.05) is 42.8 Å². The quantitative estimate of drug-likeness (QED) is 0.437. The van der Waals surface area contributed by atoms with Crippen LogP contribution in [0.25, 0.3) is 0 Å². The van der Waals surface area contributed by atoms with E-state index in [4.69, 9.17) is 4.43 Å². The summed E-state index contributed by atoms with van der Waals surface area (Å²) in [5, 5.41) is 0.148. The first-order chi connectivity index (χ1) is 11.1.